The summed E-state index contributed by atoms with van der Waals surface area (Å²) in [6, 6.07) is 9.39. The summed E-state index contributed by atoms with van der Waals surface area (Å²) in [5.41, 5.74) is -1.62. The van der Waals surface area contributed by atoms with Crippen LogP contribution in [0.1, 0.15) is 31.2 Å². The number of nitrogens with zero attached hydrogens (tertiary/aromatic N) is 1. The molecule has 22 heavy (non-hydrogen) atoms. The quantitative estimate of drug-likeness (QED) is 0.813. The Bertz CT molecular complexity index is 521. The maximum atomic E-state index is 12.4. The zero-order chi connectivity index (χ0) is 15.7. The van der Waals surface area contributed by atoms with Crippen LogP contribution < -0.4 is 0 Å². The van der Waals surface area contributed by atoms with Crippen LogP contribution in [0, 0.1) is 0 Å². The van der Waals surface area contributed by atoms with E-state index in [-0.39, 0.29) is 6.10 Å². The van der Waals surface area contributed by atoms with Gasteiger partial charge in [-0.2, -0.15) is 0 Å². The van der Waals surface area contributed by atoms with Crippen molar-refractivity contribution in [1.82, 2.24) is 4.90 Å². The number of hydrogen-bond acceptors (Lipinski definition) is 5. The van der Waals surface area contributed by atoms with Gasteiger partial charge in [-0.1, -0.05) is 30.3 Å². The van der Waals surface area contributed by atoms with Gasteiger partial charge in [0.05, 0.1) is 6.61 Å². The number of aliphatic hydroxyl groups is 2. The van der Waals surface area contributed by atoms with Crippen LogP contribution in [0.3, 0.4) is 0 Å². The van der Waals surface area contributed by atoms with Gasteiger partial charge in [-0.15, -0.1) is 0 Å². The molecule has 1 aromatic carbocycles. The number of carbonyl (C=O) groups is 1. The van der Waals surface area contributed by atoms with E-state index in [1.54, 1.807) is 30.3 Å². The molecular formula is C17H23NO4. The van der Waals surface area contributed by atoms with E-state index in [1.165, 1.54) is 0 Å². The van der Waals surface area contributed by atoms with Gasteiger partial charge in [0.15, 0.2) is 0 Å². The maximum absolute atomic E-state index is 12.4. The number of piperidine rings is 1. The fourth-order valence-electron chi connectivity index (χ4n) is 3.69. The van der Waals surface area contributed by atoms with Crippen LogP contribution in [0.4, 0.5) is 0 Å². The highest BCUT2D eigenvalue weighted by Crippen LogP contribution is 2.36. The second kappa shape index (κ2) is 5.99. The maximum Gasteiger partial charge on any atom is 0.345 e. The van der Waals surface area contributed by atoms with E-state index < -0.39 is 18.2 Å². The number of rotatable bonds is 4. The third-order valence-corrected chi connectivity index (χ3v) is 5.15. The molecule has 1 aromatic rings. The number of carbonyl (C=O) groups excluding carboxylic acids is 1. The highest BCUT2D eigenvalue weighted by molar-refractivity contribution is 5.81. The monoisotopic (exact) mass is 305 g/mol. The summed E-state index contributed by atoms with van der Waals surface area (Å²) >= 11 is 0. The Hall–Kier alpha value is -1.43. The third-order valence-electron chi connectivity index (χ3n) is 5.15. The first-order chi connectivity index (χ1) is 10.5. The molecule has 3 rings (SSSR count). The highest BCUT2D eigenvalue weighted by Gasteiger charge is 2.44. The molecular weight excluding hydrogens is 282 g/mol. The number of ether oxygens (including phenoxy) is 1. The van der Waals surface area contributed by atoms with Gasteiger partial charge in [0.25, 0.3) is 0 Å². The Morgan fingerprint density at radius 1 is 1.27 bits per heavy atom. The molecule has 2 fully saturated rings. The van der Waals surface area contributed by atoms with E-state index in [1.807, 2.05) is 0 Å². The van der Waals surface area contributed by atoms with Crippen LogP contribution in [0.5, 0.6) is 0 Å². The van der Waals surface area contributed by atoms with Gasteiger partial charge in [-0.25, -0.2) is 4.79 Å². The van der Waals surface area contributed by atoms with Crippen LogP contribution in [0.15, 0.2) is 30.3 Å². The molecule has 0 aliphatic carbocycles. The average Bonchev–Trinajstić information content (AvgIpc) is 2.76. The molecule has 0 spiro atoms. The molecule has 2 saturated heterocycles. The van der Waals surface area contributed by atoms with E-state index >= 15 is 0 Å². The lowest BCUT2D eigenvalue weighted by molar-refractivity contribution is -0.180. The first kappa shape index (κ1) is 15.5. The van der Waals surface area contributed by atoms with Gasteiger partial charge in [-0.05, 0) is 38.3 Å². The average molecular weight is 305 g/mol. The van der Waals surface area contributed by atoms with Gasteiger partial charge in [0.1, 0.15) is 6.10 Å². The van der Waals surface area contributed by atoms with Crippen LogP contribution in [0.25, 0.3) is 0 Å². The number of benzene rings is 1. The molecule has 5 heteroatoms. The zero-order valence-electron chi connectivity index (χ0n) is 12.8. The number of fused-ring (bicyclic) bond motifs is 2. The minimum atomic E-state index is -1.98. The van der Waals surface area contributed by atoms with E-state index in [0.29, 0.717) is 17.6 Å². The lowest BCUT2D eigenvalue weighted by Gasteiger charge is -2.37. The Kier molecular flexibility index (Phi) is 4.21. The number of esters is 1. The van der Waals surface area contributed by atoms with Gasteiger partial charge in [-0.3, -0.25) is 0 Å². The van der Waals surface area contributed by atoms with Crippen LogP contribution >= 0.6 is 0 Å². The normalized spacial score (nSPS) is 30.8. The van der Waals surface area contributed by atoms with Gasteiger partial charge >= 0.3 is 5.97 Å². The third kappa shape index (κ3) is 2.64. The fraction of sp³-hybridized carbons (Fsp3) is 0.588. The Morgan fingerprint density at radius 2 is 1.86 bits per heavy atom. The van der Waals surface area contributed by atoms with Crippen LogP contribution in [0.2, 0.25) is 0 Å². The second-order valence-corrected chi connectivity index (χ2v) is 6.43. The van der Waals surface area contributed by atoms with Crippen molar-refractivity contribution >= 4 is 5.97 Å². The first-order valence-corrected chi connectivity index (χ1v) is 7.86. The summed E-state index contributed by atoms with van der Waals surface area (Å²) in [5.74, 6) is -0.754. The smallest absolute Gasteiger partial charge is 0.345 e. The van der Waals surface area contributed by atoms with Crippen molar-refractivity contribution in [3.8, 4) is 0 Å². The molecule has 2 heterocycles. The predicted octanol–water partition coefficient (Wildman–Crippen LogP) is 1.03. The van der Waals surface area contributed by atoms with Crippen molar-refractivity contribution in [2.24, 2.45) is 0 Å². The van der Waals surface area contributed by atoms with Crippen molar-refractivity contribution in [2.75, 3.05) is 13.7 Å². The van der Waals surface area contributed by atoms with Gasteiger partial charge in [0.2, 0.25) is 5.60 Å². The fourth-order valence-corrected chi connectivity index (χ4v) is 3.69. The lowest BCUT2D eigenvalue weighted by atomic mass is 9.94. The second-order valence-electron chi connectivity index (χ2n) is 6.43. The molecule has 4 atom stereocenters. The molecule has 2 aliphatic heterocycles. The lowest BCUT2D eigenvalue weighted by Crippen LogP contribution is -2.47. The minimum absolute atomic E-state index is 0.178. The summed E-state index contributed by atoms with van der Waals surface area (Å²) in [5, 5.41) is 20.1. The summed E-state index contributed by atoms with van der Waals surface area (Å²) in [6.45, 7) is -0.685. The van der Waals surface area contributed by atoms with Crippen molar-refractivity contribution in [3.05, 3.63) is 35.9 Å². The molecule has 1 unspecified atom stereocenters. The minimum Gasteiger partial charge on any atom is -0.460 e. The summed E-state index contributed by atoms with van der Waals surface area (Å²) < 4.78 is 5.56. The highest BCUT2D eigenvalue weighted by atomic mass is 16.6. The van der Waals surface area contributed by atoms with E-state index in [9.17, 15) is 15.0 Å². The largest absolute Gasteiger partial charge is 0.460 e. The van der Waals surface area contributed by atoms with Gasteiger partial charge in [0, 0.05) is 12.1 Å². The Balaban J connectivity index is 1.71. The van der Waals surface area contributed by atoms with Crippen LogP contribution in [-0.2, 0) is 15.1 Å². The molecule has 0 amide bonds. The summed E-state index contributed by atoms with van der Waals surface area (Å²) in [4.78, 5) is 14.8. The van der Waals surface area contributed by atoms with Crippen molar-refractivity contribution < 1.29 is 19.7 Å². The van der Waals surface area contributed by atoms with Crippen molar-refractivity contribution in [2.45, 2.75) is 49.5 Å². The molecule has 5 nitrogen and oxygen atoms in total. The summed E-state index contributed by atoms with van der Waals surface area (Å²) in [6.07, 6.45) is 3.70. The molecule has 2 bridgehead atoms. The van der Waals surface area contributed by atoms with Crippen molar-refractivity contribution in [1.29, 1.82) is 0 Å². The molecule has 2 N–H and O–H groups in total. The summed E-state index contributed by atoms with van der Waals surface area (Å²) in [7, 11) is 2.12. The van der Waals surface area contributed by atoms with Crippen molar-refractivity contribution in [3.63, 3.8) is 0 Å². The predicted molar refractivity (Wildman–Crippen MR) is 81.1 cm³/mol. The molecule has 120 valence electrons. The zero-order valence-corrected chi connectivity index (χ0v) is 12.8. The SMILES string of the molecule is CN1[C@@H]2CC[C@H]1C[C@H](OC(=O)C(O)(CO)c1ccccc1)C2. The Morgan fingerprint density at radius 3 is 2.41 bits per heavy atom. The Labute approximate surface area is 130 Å². The number of hydrogen-bond donors (Lipinski definition) is 2. The van der Waals surface area contributed by atoms with Crippen LogP contribution in [-0.4, -0.2) is 52.9 Å². The molecule has 0 aromatic heterocycles. The topological polar surface area (TPSA) is 70.0 Å². The van der Waals surface area contributed by atoms with E-state index in [0.717, 1.165) is 25.7 Å². The van der Waals surface area contributed by atoms with Gasteiger partial charge < -0.3 is 19.8 Å². The van der Waals surface area contributed by atoms with E-state index in [2.05, 4.69) is 11.9 Å². The molecule has 0 saturated carbocycles. The standard InChI is InChI=1S/C17H23NO4/c1-18-13-7-8-14(18)10-15(9-13)22-16(20)17(21,11-19)12-5-3-2-4-6-12/h2-6,13-15,19,21H,7-11H2,1H3/t13-,14+,15-,17?. The van der Waals surface area contributed by atoms with E-state index in [4.69, 9.17) is 4.74 Å². The molecule has 2 aliphatic rings. The first-order valence-electron chi connectivity index (χ1n) is 7.86. The number of aliphatic hydroxyl groups excluding tert-OH is 1. The molecule has 0 radical (unpaired) electrons.